The van der Waals surface area contributed by atoms with E-state index in [0.29, 0.717) is 26.1 Å². The number of nitrogens with one attached hydrogen (secondary N) is 5. The van der Waals surface area contributed by atoms with E-state index in [4.69, 9.17) is 25.2 Å². The Kier molecular flexibility index (Phi) is 18.1. The molecule has 0 aliphatic carbocycles. The lowest BCUT2D eigenvalue weighted by molar-refractivity contribution is -0.123. The number of fused-ring (bicyclic) bond motifs is 2. The number of halogens is 1. The van der Waals surface area contributed by atoms with Gasteiger partial charge in [-0.25, -0.2) is 4.79 Å². The molecule has 3 amide bonds. The number of unbranched alkanes of at least 4 members (excludes halogenated alkanes) is 1. The first-order valence-electron chi connectivity index (χ1n) is 20.6. The van der Waals surface area contributed by atoms with E-state index in [1.54, 1.807) is 14.2 Å². The zero-order valence-electron chi connectivity index (χ0n) is 36.4. The van der Waals surface area contributed by atoms with Crippen molar-refractivity contribution in [3.8, 4) is 11.5 Å². The van der Waals surface area contributed by atoms with Crippen LogP contribution in [0.4, 0.5) is 16.2 Å². The molecule has 0 aliphatic heterocycles. The van der Waals surface area contributed by atoms with Crippen LogP contribution < -0.4 is 41.8 Å². The minimum Gasteiger partial charge on any atom is -0.497 e. The minimum atomic E-state index is -0.647. The number of nitrogens with two attached hydrogens (primary N) is 1. The zero-order valence-corrected chi connectivity index (χ0v) is 37.3. The molecule has 4 aromatic rings. The summed E-state index contributed by atoms with van der Waals surface area (Å²) in [7, 11) is 3.34. The Balaban J connectivity index is 0.00000900. The average molecular weight is 822 g/mol. The Hall–Kier alpha value is -4.55. The van der Waals surface area contributed by atoms with Crippen LogP contribution in [0.2, 0.25) is 0 Å². The SMILES string of the molecule is COc1cc(NC(C)CCCNC(=O)N[C@H](CCCCN)C(=O)NCCCC(C)Nc2cc(OC)cc3ccc(C(C)(C)C)nc23)c2nc(C(C)(C)C)ccc2c1.Cl. The maximum Gasteiger partial charge on any atom is 0.315 e. The molecule has 0 radical (unpaired) electrons. The summed E-state index contributed by atoms with van der Waals surface area (Å²) in [4.78, 5) is 36.3. The van der Waals surface area contributed by atoms with Gasteiger partial charge in [0.05, 0.1) is 36.6 Å². The molecule has 4 rings (SSSR count). The molecule has 320 valence electrons. The van der Waals surface area contributed by atoms with Crippen LogP contribution in [0.1, 0.15) is 112 Å². The second-order valence-electron chi connectivity index (χ2n) is 17.3. The molecule has 2 heterocycles. The highest BCUT2D eigenvalue weighted by atomic mass is 35.5. The topological polar surface area (TPSA) is 165 Å². The van der Waals surface area contributed by atoms with Crippen LogP contribution in [0.5, 0.6) is 11.5 Å². The highest BCUT2D eigenvalue weighted by molar-refractivity contribution is 5.93. The normalized spacial score (nSPS) is 13.2. The highest BCUT2D eigenvalue weighted by Gasteiger charge is 2.22. The number of anilines is 2. The van der Waals surface area contributed by atoms with Gasteiger partial charge in [0.25, 0.3) is 0 Å². The van der Waals surface area contributed by atoms with Gasteiger partial charge < -0.3 is 41.8 Å². The van der Waals surface area contributed by atoms with Crippen LogP contribution in [0.3, 0.4) is 0 Å². The first kappa shape index (κ1) is 47.8. The number of amides is 3. The fourth-order valence-electron chi connectivity index (χ4n) is 6.71. The molecule has 2 aromatic heterocycles. The van der Waals surface area contributed by atoms with E-state index in [-0.39, 0.29) is 47.3 Å². The molecule has 2 aromatic carbocycles. The summed E-state index contributed by atoms with van der Waals surface area (Å²) in [6.45, 7) is 18.7. The Morgan fingerprint density at radius 2 is 1.14 bits per heavy atom. The van der Waals surface area contributed by atoms with E-state index in [1.807, 2.05) is 24.3 Å². The zero-order chi connectivity index (χ0) is 41.8. The molecule has 58 heavy (non-hydrogen) atoms. The van der Waals surface area contributed by atoms with Crippen LogP contribution in [-0.4, -0.2) is 73.9 Å². The van der Waals surface area contributed by atoms with Gasteiger partial charge in [-0.1, -0.05) is 53.7 Å². The predicted octanol–water partition coefficient (Wildman–Crippen LogP) is 8.59. The molecule has 0 aliphatic rings. The van der Waals surface area contributed by atoms with Crippen molar-refractivity contribution in [1.29, 1.82) is 0 Å². The molecule has 0 spiro atoms. The quantitative estimate of drug-likeness (QED) is 0.0479. The van der Waals surface area contributed by atoms with E-state index in [9.17, 15) is 9.59 Å². The van der Waals surface area contributed by atoms with Crippen molar-refractivity contribution in [1.82, 2.24) is 25.9 Å². The molecule has 12 nitrogen and oxygen atoms in total. The van der Waals surface area contributed by atoms with Gasteiger partial charge in [0.2, 0.25) is 5.91 Å². The van der Waals surface area contributed by atoms with Crippen molar-refractivity contribution in [3.05, 3.63) is 59.9 Å². The summed E-state index contributed by atoms with van der Waals surface area (Å²) < 4.78 is 11.1. The molecule has 13 heteroatoms. The molecular weight excluding hydrogens is 752 g/mol. The molecular formula is C45H69ClN8O4. The fraction of sp³-hybridized carbons (Fsp3) is 0.556. The summed E-state index contributed by atoms with van der Waals surface area (Å²) >= 11 is 0. The molecule has 0 saturated heterocycles. The number of ether oxygens (including phenoxy) is 2. The van der Waals surface area contributed by atoms with Gasteiger partial charge in [-0.3, -0.25) is 14.8 Å². The summed E-state index contributed by atoms with van der Waals surface area (Å²) in [5.41, 5.74) is 11.3. The standard InChI is InChI=1S/C45H68N8O4.ClH/c1-29(49-36-27-33(56-9)25-31-18-20-38(44(3,4)5)52-40(31)36)15-13-23-47-42(54)35(17-11-12-22-46)51-43(55)48-24-14-16-30(2)50-37-28-34(57-10)26-32-19-21-39(45(6,7)8)53-41(32)37;/h18-21,25-30,35,49-50H,11-17,22-24,46H2,1-10H3,(H,47,54)(H2,48,51,55);1H/t29?,30?,35-;/m1./s1. The van der Waals surface area contributed by atoms with E-state index in [1.165, 1.54) is 0 Å². The van der Waals surface area contributed by atoms with Crippen LogP contribution in [-0.2, 0) is 15.6 Å². The molecule has 7 N–H and O–H groups in total. The number of methoxy groups -OCH3 is 2. The Labute approximate surface area is 352 Å². The maximum absolute atomic E-state index is 13.3. The van der Waals surface area contributed by atoms with E-state index in [2.05, 4.69) is 106 Å². The first-order valence-corrected chi connectivity index (χ1v) is 20.6. The third kappa shape index (κ3) is 14.1. The van der Waals surface area contributed by atoms with Gasteiger partial charge in [-0.15, -0.1) is 12.4 Å². The first-order chi connectivity index (χ1) is 27.0. The van der Waals surface area contributed by atoms with Crippen molar-refractivity contribution in [2.45, 2.75) is 129 Å². The Morgan fingerprint density at radius 1 is 0.672 bits per heavy atom. The smallest absolute Gasteiger partial charge is 0.315 e. The van der Waals surface area contributed by atoms with Gasteiger partial charge >= 0.3 is 6.03 Å². The predicted molar refractivity (Wildman–Crippen MR) is 242 cm³/mol. The van der Waals surface area contributed by atoms with Gasteiger partial charge in [-0.2, -0.15) is 0 Å². The van der Waals surface area contributed by atoms with Crippen molar-refractivity contribution >= 4 is 57.5 Å². The highest BCUT2D eigenvalue weighted by Crippen LogP contribution is 2.33. The largest absolute Gasteiger partial charge is 0.497 e. The van der Waals surface area contributed by atoms with Crippen molar-refractivity contribution in [2.75, 3.05) is 44.5 Å². The van der Waals surface area contributed by atoms with Gasteiger partial charge in [0, 0.05) is 70.3 Å². The van der Waals surface area contributed by atoms with E-state index in [0.717, 1.165) is 94.6 Å². The molecule has 3 atom stereocenters. The monoisotopic (exact) mass is 821 g/mol. The van der Waals surface area contributed by atoms with E-state index >= 15 is 0 Å². The van der Waals surface area contributed by atoms with Gasteiger partial charge in [0.1, 0.15) is 17.5 Å². The minimum absolute atomic E-state index is 0. The van der Waals surface area contributed by atoms with Crippen LogP contribution in [0.25, 0.3) is 21.8 Å². The van der Waals surface area contributed by atoms with Crippen molar-refractivity contribution < 1.29 is 19.1 Å². The van der Waals surface area contributed by atoms with Gasteiger partial charge in [-0.05, 0) is 89.6 Å². The van der Waals surface area contributed by atoms with Crippen LogP contribution in [0, 0.1) is 0 Å². The number of pyridine rings is 2. The number of hydrogen-bond acceptors (Lipinski definition) is 9. The number of hydrogen-bond donors (Lipinski definition) is 6. The third-order valence-corrected chi connectivity index (χ3v) is 10.1. The Bertz CT molecular complexity index is 1940. The number of carbonyl (C=O) groups is 2. The number of urea groups is 1. The molecule has 0 bridgehead atoms. The fourth-order valence-corrected chi connectivity index (χ4v) is 6.71. The number of carbonyl (C=O) groups excluding carboxylic acids is 2. The lowest BCUT2D eigenvalue weighted by Crippen LogP contribution is -2.50. The summed E-state index contributed by atoms with van der Waals surface area (Å²) in [5, 5.41) is 18.2. The average Bonchev–Trinajstić information content (AvgIpc) is 3.16. The lowest BCUT2D eigenvalue weighted by Gasteiger charge is -2.22. The second-order valence-corrected chi connectivity index (χ2v) is 17.3. The Morgan fingerprint density at radius 3 is 1.57 bits per heavy atom. The number of nitrogens with zero attached hydrogens (tertiary/aromatic N) is 2. The lowest BCUT2D eigenvalue weighted by atomic mass is 9.91. The van der Waals surface area contributed by atoms with Crippen LogP contribution in [0.15, 0.2) is 48.5 Å². The van der Waals surface area contributed by atoms with Crippen LogP contribution >= 0.6 is 12.4 Å². The molecule has 0 saturated carbocycles. The summed E-state index contributed by atoms with van der Waals surface area (Å²) in [6, 6.07) is 15.6. The third-order valence-electron chi connectivity index (χ3n) is 10.1. The number of aromatic nitrogens is 2. The second kappa shape index (κ2) is 22.0. The summed E-state index contributed by atoms with van der Waals surface area (Å²) in [6.07, 6.45) is 5.18. The molecule has 0 fully saturated rings. The maximum atomic E-state index is 13.3. The van der Waals surface area contributed by atoms with Crippen molar-refractivity contribution in [2.24, 2.45) is 5.73 Å². The van der Waals surface area contributed by atoms with E-state index < -0.39 is 6.04 Å². The van der Waals surface area contributed by atoms with Crippen molar-refractivity contribution in [3.63, 3.8) is 0 Å². The summed E-state index contributed by atoms with van der Waals surface area (Å²) in [5.74, 6) is 1.35. The molecule has 2 unspecified atom stereocenters. The van der Waals surface area contributed by atoms with Gasteiger partial charge in [0.15, 0.2) is 0 Å². The number of benzene rings is 2. The number of rotatable bonds is 20.